The summed E-state index contributed by atoms with van der Waals surface area (Å²) in [6, 6.07) is 12.9. The maximum atomic E-state index is 13.2. The molecule has 0 radical (unpaired) electrons. The van der Waals surface area contributed by atoms with Gasteiger partial charge in [-0.2, -0.15) is 5.10 Å². The molecule has 0 unspecified atom stereocenters. The molecule has 0 atom stereocenters. The second-order valence-corrected chi connectivity index (χ2v) is 8.71. The van der Waals surface area contributed by atoms with Crippen molar-refractivity contribution in [2.45, 2.75) is 37.0 Å². The van der Waals surface area contributed by atoms with Crippen molar-refractivity contribution in [1.29, 1.82) is 0 Å². The van der Waals surface area contributed by atoms with Crippen LogP contribution in [-0.2, 0) is 14.8 Å². The van der Waals surface area contributed by atoms with Crippen LogP contribution in [0.15, 0.2) is 64.6 Å². The number of anilines is 1. The number of nitro benzene ring substituents is 1. The molecule has 30 heavy (non-hydrogen) atoms. The number of hydrogen-bond acceptors (Lipinski definition) is 6. The van der Waals surface area contributed by atoms with E-state index in [0.717, 1.165) is 42.1 Å². The Morgan fingerprint density at radius 2 is 1.67 bits per heavy atom. The van der Waals surface area contributed by atoms with Gasteiger partial charge in [0, 0.05) is 11.8 Å². The molecule has 10 heteroatoms. The highest BCUT2D eigenvalue weighted by atomic mass is 32.2. The Labute approximate surface area is 174 Å². The maximum Gasteiger partial charge on any atom is 0.293 e. The van der Waals surface area contributed by atoms with E-state index in [1.165, 1.54) is 36.4 Å². The Morgan fingerprint density at radius 1 is 1.03 bits per heavy atom. The number of benzene rings is 2. The summed E-state index contributed by atoms with van der Waals surface area (Å²) < 4.78 is 27.2. The van der Waals surface area contributed by atoms with Gasteiger partial charge < -0.3 is 0 Å². The van der Waals surface area contributed by atoms with E-state index in [2.05, 4.69) is 10.5 Å². The molecule has 0 saturated heterocycles. The van der Waals surface area contributed by atoms with Gasteiger partial charge in [0.2, 0.25) is 0 Å². The van der Waals surface area contributed by atoms with Gasteiger partial charge in [0.15, 0.2) is 0 Å². The molecular formula is C20H22N4O5S. The highest BCUT2D eigenvalue weighted by Crippen LogP contribution is 2.31. The van der Waals surface area contributed by atoms with Crippen molar-refractivity contribution in [3.8, 4) is 0 Å². The van der Waals surface area contributed by atoms with Gasteiger partial charge in [0.25, 0.3) is 21.6 Å². The molecule has 2 aromatic carbocycles. The minimum Gasteiger partial charge on any atom is -0.271 e. The fourth-order valence-corrected chi connectivity index (χ4v) is 4.68. The first-order valence-corrected chi connectivity index (χ1v) is 11.0. The largest absolute Gasteiger partial charge is 0.293 e. The third-order valence-corrected chi connectivity index (χ3v) is 6.51. The van der Waals surface area contributed by atoms with Gasteiger partial charge in [-0.3, -0.25) is 14.9 Å². The number of carbonyl (C=O) groups excluding carboxylic acids is 1. The van der Waals surface area contributed by atoms with Crippen LogP contribution < -0.4 is 9.73 Å². The average molecular weight is 430 g/mol. The summed E-state index contributed by atoms with van der Waals surface area (Å²) in [5.74, 6) is -0.675. The maximum absolute atomic E-state index is 13.2. The third kappa shape index (κ3) is 5.01. The van der Waals surface area contributed by atoms with Gasteiger partial charge in [0.05, 0.1) is 9.82 Å². The number of rotatable bonds is 7. The standard InChI is InChI=1S/C20H22N4O5S/c25-20(22-21-16-9-3-1-4-10-16)15-23(18-13-7-8-14-19(18)24(26)27)30(28,29)17-11-5-2-6-12-17/h2,5-8,11-14H,1,3-4,9-10,15H2,(H,22,25). The first kappa shape index (κ1) is 21.4. The molecule has 1 N–H and O–H groups in total. The first-order chi connectivity index (χ1) is 14.4. The molecule has 2 aromatic rings. The molecule has 1 fully saturated rings. The number of para-hydroxylation sites is 2. The third-order valence-electron chi connectivity index (χ3n) is 4.73. The Hall–Kier alpha value is -3.27. The van der Waals surface area contributed by atoms with Crippen molar-refractivity contribution in [1.82, 2.24) is 5.43 Å². The van der Waals surface area contributed by atoms with Gasteiger partial charge in [-0.1, -0.05) is 36.8 Å². The summed E-state index contributed by atoms with van der Waals surface area (Å²) in [7, 11) is -4.23. The minimum atomic E-state index is -4.23. The zero-order valence-electron chi connectivity index (χ0n) is 16.2. The van der Waals surface area contributed by atoms with Crippen LogP contribution in [0.5, 0.6) is 0 Å². The normalized spacial score (nSPS) is 14.1. The second kappa shape index (κ2) is 9.49. The van der Waals surface area contributed by atoms with Gasteiger partial charge >= 0.3 is 0 Å². The molecule has 1 aliphatic rings. The van der Waals surface area contributed by atoms with Gasteiger partial charge in [-0.25, -0.2) is 18.1 Å². The van der Waals surface area contributed by atoms with Gasteiger partial charge in [-0.05, 0) is 43.9 Å². The zero-order valence-corrected chi connectivity index (χ0v) is 17.0. The Morgan fingerprint density at radius 3 is 2.33 bits per heavy atom. The number of nitrogens with zero attached hydrogens (tertiary/aromatic N) is 3. The molecule has 0 heterocycles. The zero-order chi connectivity index (χ0) is 21.6. The van der Waals surface area contributed by atoms with Crippen LogP contribution in [0.1, 0.15) is 32.1 Å². The summed E-state index contributed by atoms with van der Waals surface area (Å²) in [5.41, 5.74) is 2.66. The predicted octanol–water partition coefficient (Wildman–Crippen LogP) is 3.23. The van der Waals surface area contributed by atoms with Crippen LogP contribution in [0.3, 0.4) is 0 Å². The average Bonchev–Trinajstić information content (AvgIpc) is 2.77. The lowest BCUT2D eigenvalue weighted by Crippen LogP contribution is -2.40. The summed E-state index contributed by atoms with van der Waals surface area (Å²) in [6.45, 7) is -0.640. The number of carbonyl (C=O) groups is 1. The smallest absolute Gasteiger partial charge is 0.271 e. The summed E-state index contributed by atoms with van der Waals surface area (Å²) in [5, 5.41) is 15.6. The molecule has 1 amide bonds. The van der Waals surface area contributed by atoms with Crippen molar-refractivity contribution in [2.75, 3.05) is 10.8 Å². The molecule has 158 valence electrons. The van der Waals surface area contributed by atoms with Gasteiger partial charge in [-0.15, -0.1) is 0 Å². The topological polar surface area (TPSA) is 122 Å². The fourth-order valence-electron chi connectivity index (χ4n) is 3.23. The Bertz CT molecular complexity index is 1050. The summed E-state index contributed by atoms with van der Waals surface area (Å²) in [4.78, 5) is 23.3. The predicted molar refractivity (Wildman–Crippen MR) is 113 cm³/mol. The fraction of sp³-hybridized carbons (Fsp3) is 0.300. The van der Waals surface area contributed by atoms with E-state index in [0.29, 0.717) is 0 Å². The number of hydrazone groups is 1. The molecule has 3 rings (SSSR count). The van der Waals surface area contributed by atoms with Crippen molar-refractivity contribution >= 4 is 33.0 Å². The second-order valence-electron chi connectivity index (χ2n) is 6.84. The van der Waals surface area contributed by atoms with Crippen LogP contribution >= 0.6 is 0 Å². The first-order valence-electron chi connectivity index (χ1n) is 9.55. The van der Waals surface area contributed by atoms with E-state index in [1.54, 1.807) is 18.2 Å². The van der Waals surface area contributed by atoms with Crippen molar-refractivity contribution in [3.05, 3.63) is 64.7 Å². The molecule has 0 aromatic heterocycles. The number of hydrogen-bond donors (Lipinski definition) is 1. The van der Waals surface area contributed by atoms with Crippen LogP contribution in [0.25, 0.3) is 0 Å². The minimum absolute atomic E-state index is 0.0745. The molecule has 0 bridgehead atoms. The highest BCUT2D eigenvalue weighted by molar-refractivity contribution is 7.92. The summed E-state index contributed by atoms with van der Waals surface area (Å²) >= 11 is 0. The van der Waals surface area contributed by atoms with Crippen LogP contribution in [0, 0.1) is 10.1 Å². The number of nitro groups is 1. The SMILES string of the molecule is O=C(CN(c1ccccc1[N+](=O)[O-])S(=O)(=O)c1ccccc1)NN=C1CCCCC1. The van der Waals surface area contributed by atoms with E-state index in [-0.39, 0.29) is 10.6 Å². The monoisotopic (exact) mass is 430 g/mol. The van der Waals surface area contributed by atoms with E-state index < -0.39 is 33.1 Å². The quantitative estimate of drug-likeness (QED) is 0.534. The van der Waals surface area contributed by atoms with Gasteiger partial charge in [0.1, 0.15) is 12.2 Å². The Balaban J connectivity index is 1.94. The molecule has 1 aliphatic carbocycles. The van der Waals surface area contributed by atoms with Crippen molar-refractivity contribution < 1.29 is 18.1 Å². The number of sulfonamides is 1. The van der Waals surface area contributed by atoms with Crippen LogP contribution in [-0.4, -0.2) is 31.5 Å². The molecule has 0 aliphatic heterocycles. The van der Waals surface area contributed by atoms with Crippen molar-refractivity contribution in [2.24, 2.45) is 5.10 Å². The lowest BCUT2D eigenvalue weighted by atomic mass is 9.99. The van der Waals surface area contributed by atoms with E-state index >= 15 is 0 Å². The lowest BCUT2D eigenvalue weighted by molar-refractivity contribution is -0.384. The molecule has 9 nitrogen and oxygen atoms in total. The van der Waals surface area contributed by atoms with E-state index in [9.17, 15) is 23.3 Å². The van der Waals surface area contributed by atoms with Crippen molar-refractivity contribution in [3.63, 3.8) is 0 Å². The molecule has 0 spiro atoms. The highest BCUT2D eigenvalue weighted by Gasteiger charge is 2.31. The number of amides is 1. The van der Waals surface area contributed by atoms with E-state index in [4.69, 9.17) is 0 Å². The Kier molecular flexibility index (Phi) is 6.78. The molecule has 1 saturated carbocycles. The van der Waals surface area contributed by atoms with E-state index in [1.807, 2.05) is 0 Å². The lowest BCUT2D eigenvalue weighted by Gasteiger charge is -2.23. The summed E-state index contributed by atoms with van der Waals surface area (Å²) in [6.07, 6.45) is 4.69. The molecular weight excluding hydrogens is 408 g/mol. The van der Waals surface area contributed by atoms with Crippen LogP contribution in [0.4, 0.5) is 11.4 Å². The van der Waals surface area contributed by atoms with Crippen LogP contribution in [0.2, 0.25) is 0 Å². The number of nitrogens with one attached hydrogen (secondary N) is 1.